The zero-order valence-corrected chi connectivity index (χ0v) is 11.5. The van der Waals surface area contributed by atoms with Gasteiger partial charge in [0.1, 0.15) is 5.82 Å². The summed E-state index contributed by atoms with van der Waals surface area (Å²) >= 11 is 0. The Balaban J connectivity index is 1.84. The fourth-order valence-electron chi connectivity index (χ4n) is 3.09. The average molecular weight is 249 g/mol. The Morgan fingerprint density at radius 2 is 1.89 bits per heavy atom. The molecule has 2 rings (SSSR count). The summed E-state index contributed by atoms with van der Waals surface area (Å²) in [5, 5.41) is 3.63. The summed E-state index contributed by atoms with van der Waals surface area (Å²) in [4.78, 5) is 0. The molecule has 1 aliphatic rings. The van der Waals surface area contributed by atoms with Crippen LogP contribution in [-0.4, -0.2) is 12.1 Å². The molecule has 2 atom stereocenters. The highest BCUT2D eigenvalue weighted by molar-refractivity contribution is 5.18. The molecule has 1 fully saturated rings. The molecule has 1 unspecified atom stereocenters. The third-order valence-corrected chi connectivity index (χ3v) is 4.14. The molecule has 0 spiro atoms. The van der Waals surface area contributed by atoms with Crippen LogP contribution >= 0.6 is 0 Å². The summed E-state index contributed by atoms with van der Waals surface area (Å²) < 4.78 is 13.6. The summed E-state index contributed by atoms with van der Waals surface area (Å²) in [6, 6.07) is 7.96. The van der Waals surface area contributed by atoms with E-state index in [0.717, 1.165) is 17.9 Å². The number of rotatable bonds is 5. The molecule has 0 aliphatic heterocycles. The molecule has 0 heterocycles. The zero-order chi connectivity index (χ0) is 13.0. The molecule has 1 aromatic carbocycles. The first kappa shape index (κ1) is 13.5. The number of halogens is 1. The van der Waals surface area contributed by atoms with Gasteiger partial charge in [-0.2, -0.15) is 0 Å². The molecule has 0 radical (unpaired) electrons. The van der Waals surface area contributed by atoms with Gasteiger partial charge in [0.05, 0.1) is 0 Å². The van der Waals surface area contributed by atoms with E-state index in [4.69, 9.17) is 0 Å². The van der Waals surface area contributed by atoms with Gasteiger partial charge in [-0.25, -0.2) is 4.39 Å². The van der Waals surface area contributed by atoms with E-state index in [0.29, 0.717) is 12.1 Å². The van der Waals surface area contributed by atoms with Crippen molar-refractivity contribution in [2.45, 2.75) is 58.0 Å². The Bertz CT molecular complexity index is 371. The summed E-state index contributed by atoms with van der Waals surface area (Å²) in [5.74, 6) is 0.729. The highest BCUT2D eigenvalue weighted by atomic mass is 19.1. The van der Waals surface area contributed by atoms with Crippen LogP contribution in [0.25, 0.3) is 0 Å². The van der Waals surface area contributed by atoms with E-state index in [1.54, 1.807) is 12.1 Å². The molecular weight excluding hydrogens is 225 g/mol. The van der Waals surface area contributed by atoms with Crippen LogP contribution in [0.2, 0.25) is 0 Å². The van der Waals surface area contributed by atoms with Crippen LogP contribution in [0.15, 0.2) is 24.3 Å². The maximum absolute atomic E-state index is 13.6. The number of hydrogen-bond acceptors (Lipinski definition) is 1. The quantitative estimate of drug-likeness (QED) is 0.834. The Labute approximate surface area is 110 Å². The second-order valence-electron chi connectivity index (χ2n) is 5.70. The first-order chi connectivity index (χ1) is 8.66. The second-order valence-corrected chi connectivity index (χ2v) is 5.70. The molecule has 0 amide bonds. The lowest BCUT2D eigenvalue weighted by Gasteiger charge is -2.25. The highest BCUT2D eigenvalue weighted by Gasteiger charge is 2.22. The summed E-state index contributed by atoms with van der Waals surface area (Å²) in [6.45, 7) is 4.42. The summed E-state index contributed by atoms with van der Waals surface area (Å²) in [5.41, 5.74) is 0.816. The van der Waals surface area contributed by atoms with Gasteiger partial charge < -0.3 is 5.32 Å². The standard InChI is InChI=1S/C16H24FN/c1-12(11-15-9-5-6-10-16(15)17)18-13(2)14-7-3-4-8-14/h5-6,9-10,12-14,18H,3-4,7-8,11H2,1-2H3/t12?,13-/m1/s1. The van der Waals surface area contributed by atoms with Crippen molar-refractivity contribution in [3.05, 3.63) is 35.6 Å². The van der Waals surface area contributed by atoms with Crippen LogP contribution in [0.4, 0.5) is 4.39 Å². The molecule has 1 saturated carbocycles. The molecule has 0 bridgehead atoms. The molecular formula is C16H24FN. The SMILES string of the molecule is CC(Cc1ccccc1F)N[C@H](C)C1CCCC1. The zero-order valence-electron chi connectivity index (χ0n) is 11.5. The predicted octanol–water partition coefficient (Wildman–Crippen LogP) is 3.93. The topological polar surface area (TPSA) is 12.0 Å². The van der Waals surface area contributed by atoms with Crippen LogP contribution in [0, 0.1) is 11.7 Å². The maximum Gasteiger partial charge on any atom is 0.126 e. The third kappa shape index (κ3) is 3.55. The van der Waals surface area contributed by atoms with Crippen molar-refractivity contribution in [2.24, 2.45) is 5.92 Å². The smallest absolute Gasteiger partial charge is 0.126 e. The van der Waals surface area contributed by atoms with Crippen molar-refractivity contribution in [3.63, 3.8) is 0 Å². The normalized spacial score (nSPS) is 19.9. The van der Waals surface area contributed by atoms with Crippen molar-refractivity contribution in [1.82, 2.24) is 5.32 Å². The monoisotopic (exact) mass is 249 g/mol. The van der Waals surface area contributed by atoms with Crippen LogP contribution < -0.4 is 5.32 Å². The van der Waals surface area contributed by atoms with Gasteiger partial charge in [-0.3, -0.25) is 0 Å². The van der Waals surface area contributed by atoms with Crippen LogP contribution in [0.1, 0.15) is 45.1 Å². The molecule has 1 aromatic rings. The lowest BCUT2D eigenvalue weighted by atomic mass is 9.98. The number of hydrogen-bond donors (Lipinski definition) is 1. The fourth-order valence-corrected chi connectivity index (χ4v) is 3.09. The van der Waals surface area contributed by atoms with E-state index in [2.05, 4.69) is 19.2 Å². The minimum atomic E-state index is -0.0836. The van der Waals surface area contributed by atoms with Gasteiger partial charge >= 0.3 is 0 Å². The first-order valence-electron chi connectivity index (χ1n) is 7.16. The molecule has 0 saturated heterocycles. The Hall–Kier alpha value is -0.890. The molecule has 18 heavy (non-hydrogen) atoms. The van der Waals surface area contributed by atoms with E-state index in [-0.39, 0.29) is 5.82 Å². The Kier molecular flexibility index (Phi) is 4.76. The van der Waals surface area contributed by atoms with Crippen molar-refractivity contribution in [1.29, 1.82) is 0 Å². The lowest BCUT2D eigenvalue weighted by molar-refractivity contribution is 0.347. The number of benzene rings is 1. The first-order valence-corrected chi connectivity index (χ1v) is 7.16. The largest absolute Gasteiger partial charge is 0.311 e. The molecule has 1 nitrogen and oxygen atoms in total. The van der Waals surface area contributed by atoms with Gasteiger partial charge in [0.2, 0.25) is 0 Å². The van der Waals surface area contributed by atoms with E-state index >= 15 is 0 Å². The Morgan fingerprint density at radius 3 is 2.56 bits per heavy atom. The highest BCUT2D eigenvalue weighted by Crippen LogP contribution is 2.27. The second kappa shape index (κ2) is 6.33. The molecule has 1 aliphatic carbocycles. The van der Waals surface area contributed by atoms with E-state index in [1.807, 2.05) is 12.1 Å². The van der Waals surface area contributed by atoms with Crippen molar-refractivity contribution in [2.75, 3.05) is 0 Å². The van der Waals surface area contributed by atoms with Crippen molar-refractivity contribution >= 4 is 0 Å². The number of nitrogens with one attached hydrogen (secondary N) is 1. The predicted molar refractivity (Wildman–Crippen MR) is 74.1 cm³/mol. The fraction of sp³-hybridized carbons (Fsp3) is 0.625. The van der Waals surface area contributed by atoms with E-state index in [9.17, 15) is 4.39 Å². The minimum Gasteiger partial charge on any atom is -0.311 e. The average Bonchev–Trinajstić information content (AvgIpc) is 2.85. The van der Waals surface area contributed by atoms with Gasteiger partial charge in [-0.05, 0) is 50.7 Å². The molecule has 2 heteroatoms. The van der Waals surface area contributed by atoms with Gasteiger partial charge in [-0.15, -0.1) is 0 Å². The van der Waals surface area contributed by atoms with Gasteiger partial charge in [-0.1, -0.05) is 31.0 Å². The van der Waals surface area contributed by atoms with E-state index < -0.39 is 0 Å². The van der Waals surface area contributed by atoms with Crippen LogP contribution in [-0.2, 0) is 6.42 Å². The van der Waals surface area contributed by atoms with Gasteiger partial charge in [0.25, 0.3) is 0 Å². The van der Waals surface area contributed by atoms with Crippen molar-refractivity contribution < 1.29 is 4.39 Å². The maximum atomic E-state index is 13.6. The van der Waals surface area contributed by atoms with Crippen LogP contribution in [0.5, 0.6) is 0 Å². The molecule has 1 N–H and O–H groups in total. The molecule has 0 aromatic heterocycles. The van der Waals surface area contributed by atoms with Gasteiger partial charge in [0, 0.05) is 12.1 Å². The third-order valence-electron chi connectivity index (χ3n) is 4.14. The summed E-state index contributed by atoms with van der Waals surface area (Å²) in [6.07, 6.45) is 6.21. The summed E-state index contributed by atoms with van der Waals surface area (Å²) in [7, 11) is 0. The lowest BCUT2D eigenvalue weighted by Crippen LogP contribution is -2.39. The van der Waals surface area contributed by atoms with Crippen molar-refractivity contribution in [3.8, 4) is 0 Å². The Morgan fingerprint density at radius 1 is 1.22 bits per heavy atom. The van der Waals surface area contributed by atoms with E-state index in [1.165, 1.54) is 25.7 Å². The minimum absolute atomic E-state index is 0.0836. The van der Waals surface area contributed by atoms with Gasteiger partial charge in [0.15, 0.2) is 0 Å². The van der Waals surface area contributed by atoms with Crippen LogP contribution in [0.3, 0.4) is 0 Å². The molecule has 100 valence electrons.